The van der Waals surface area contributed by atoms with Crippen LogP contribution in [0.4, 0.5) is 4.79 Å². The van der Waals surface area contributed by atoms with Gasteiger partial charge in [-0.1, -0.05) is 0 Å². The number of aliphatic hydroxyl groups excluding tert-OH is 2. The summed E-state index contributed by atoms with van der Waals surface area (Å²) in [4.78, 5) is 40.7. The topological polar surface area (TPSA) is 119 Å². The van der Waals surface area contributed by atoms with Crippen LogP contribution < -0.4 is 5.32 Å². The zero-order chi connectivity index (χ0) is 16.4. The Labute approximate surface area is 122 Å². The minimum atomic E-state index is -1.26. The maximum absolute atomic E-state index is 12.3. The van der Waals surface area contributed by atoms with Crippen LogP contribution in [0.2, 0.25) is 0 Å². The van der Waals surface area contributed by atoms with Crippen molar-refractivity contribution in [3.63, 3.8) is 0 Å². The monoisotopic (exact) mass is 299 g/mol. The summed E-state index contributed by atoms with van der Waals surface area (Å²) in [6.45, 7) is 5.59. The molecule has 1 rings (SSSR count). The molecule has 3 N–H and O–H groups in total. The van der Waals surface area contributed by atoms with E-state index in [2.05, 4.69) is 10.3 Å². The molecule has 0 aromatic carbocycles. The third-order valence-corrected chi connectivity index (χ3v) is 3.09. The van der Waals surface area contributed by atoms with Gasteiger partial charge >= 0.3 is 6.03 Å². The van der Waals surface area contributed by atoms with E-state index >= 15 is 0 Å². The predicted molar refractivity (Wildman–Crippen MR) is 74.7 cm³/mol. The first-order valence-electron chi connectivity index (χ1n) is 6.52. The molecule has 118 valence electrons. The Bertz CT molecular complexity index is 477. The molecule has 1 atom stereocenters. The fourth-order valence-electron chi connectivity index (χ4n) is 1.74. The van der Waals surface area contributed by atoms with Gasteiger partial charge in [0, 0.05) is 11.8 Å². The van der Waals surface area contributed by atoms with Crippen LogP contribution >= 0.6 is 0 Å². The van der Waals surface area contributed by atoms with Gasteiger partial charge in [0.25, 0.3) is 0 Å². The lowest BCUT2D eigenvalue weighted by molar-refractivity contribution is -0.142. The smallest absolute Gasteiger partial charge is 0.331 e. The molecule has 4 amide bonds. The Morgan fingerprint density at radius 3 is 2.14 bits per heavy atom. The van der Waals surface area contributed by atoms with Gasteiger partial charge in [0.05, 0.1) is 13.2 Å². The summed E-state index contributed by atoms with van der Waals surface area (Å²) in [5.41, 5.74) is -1.97. The predicted octanol–water partition coefficient (Wildman–Crippen LogP) is -0.706. The van der Waals surface area contributed by atoms with Crippen LogP contribution in [0, 0.1) is 5.92 Å². The summed E-state index contributed by atoms with van der Waals surface area (Å²) in [6.07, 6.45) is 1.06. The summed E-state index contributed by atoms with van der Waals surface area (Å²) in [7, 11) is 0. The molecule has 1 heterocycles. The summed E-state index contributed by atoms with van der Waals surface area (Å²) in [6, 6.07) is -0.769. The quantitative estimate of drug-likeness (QED) is 0.468. The molecule has 0 aromatic rings. The van der Waals surface area contributed by atoms with Crippen LogP contribution in [0.1, 0.15) is 27.7 Å². The lowest BCUT2D eigenvalue weighted by Crippen LogP contribution is -2.63. The normalized spacial score (nSPS) is 21.1. The van der Waals surface area contributed by atoms with Crippen LogP contribution in [0.5, 0.6) is 0 Å². The molecule has 0 unspecified atom stereocenters. The first-order chi connectivity index (χ1) is 9.55. The average molecular weight is 299 g/mol. The van der Waals surface area contributed by atoms with E-state index in [-0.39, 0.29) is 0 Å². The molecule has 0 aliphatic carbocycles. The fourth-order valence-corrected chi connectivity index (χ4v) is 1.74. The van der Waals surface area contributed by atoms with E-state index in [9.17, 15) is 14.4 Å². The number of hydrogen-bond donors (Lipinski definition) is 3. The third-order valence-electron chi connectivity index (χ3n) is 3.09. The maximum Gasteiger partial charge on any atom is 0.331 e. The number of amides is 4. The molecule has 21 heavy (non-hydrogen) atoms. The van der Waals surface area contributed by atoms with Crippen molar-refractivity contribution in [1.82, 2.24) is 10.2 Å². The van der Waals surface area contributed by atoms with Gasteiger partial charge in [0.1, 0.15) is 5.54 Å². The molecular formula is C13H21N3O5. The number of barbiturate groups is 1. The van der Waals surface area contributed by atoms with Crippen molar-refractivity contribution < 1.29 is 24.6 Å². The average Bonchev–Trinajstić information content (AvgIpc) is 2.35. The molecule has 0 bridgehead atoms. The number of urea groups is 1. The highest BCUT2D eigenvalue weighted by Gasteiger charge is 2.44. The van der Waals surface area contributed by atoms with Gasteiger partial charge in [-0.25, -0.2) is 4.79 Å². The van der Waals surface area contributed by atoms with E-state index in [1.165, 1.54) is 6.92 Å². The first-order valence-corrected chi connectivity index (χ1v) is 6.52. The van der Waals surface area contributed by atoms with E-state index in [4.69, 9.17) is 10.2 Å². The summed E-state index contributed by atoms with van der Waals surface area (Å²) < 4.78 is 0. The number of rotatable bonds is 4. The molecule has 8 nitrogen and oxygen atoms in total. The van der Waals surface area contributed by atoms with Crippen LogP contribution in [0.3, 0.4) is 0 Å². The second-order valence-electron chi connectivity index (χ2n) is 6.21. The lowest BCUT2D eigenvalue weighted by Gasteiger charge is -2.38. The number of carbonyl (C=O) groups is 3. The maximum atomic E-state index is 12.3. The van der Waals surface area contributed by atoms with Gasteiger partial charge < -0.3 is 10.2 Å². The Morgan fingerprint density at radius 2 is 1.71 bits per heavy atom. The van der Waals surface area contributed by atoms with Gasteiger partial charge in [0.2, 0.25) is 11.8 Å². The van der Waals surface area contributed by atoms with Crippen molar-refractivity contribution in [3.8, 4) is 0 Å². The molecule has 0 aromatic heterocycles. The molecular weight excluding hydrogens is 278 g/mol. The highest BCUT2D eigenvalue weighted by Crippen LogP contribution is 2.20. The van der Waals surface area contributed by atoms with Crippen molar-refractivity contribution in [2.45, 2.75) is 38.8 Å². The van der Waals surface area contributed by atoms with Crippen LogP contribution in [-0.4, -0.2) is 63.5 Å². The van der Waals surface area contributed by atoms with Crippen molar-refractivity contribution in [1.29, 1.82) is 0 Å². The van der Waals surface area contributed by atoms with E-state index in [0.717, 1.165) is 11.1 Å². The second-order valence-corrected chi connectivity index (χ2v) is 6.21. The van der Waals surface area contributed by atoms with Gasteiger partial charge in [-0.2, -0.15) is 0 Å². The fraction of sp³-hybridized carbons (Fsp3) is 0.692. The zero-order valence-corrected chi connectivity index (χ0v) is 12.6. The van der Waals surface area contributed by atoms with Crippen molar-refractivity contribution in [3.05, 3.63) is 0 Å². The highest BCUT2D eigenvalue weighted by atomic mass is 16.3. The zero-order valence-electron chi connectivity index (χ0n) is 12.6. The van der Waals surface area contributed by atoms with Gasteiger partial charge in [-0.3, -0.25) is 24.8 Å². The first kappa shape index (κ1) is 17.3. The minimum Gasteiger partial charge on any atom is -0.394 e. The SMILES string of the molecule is CC(CO)(CO)N=C[C@H]1C(=O)NC(=O)N(C(C)(C)C)C1=O. The van der Waals surface area contributed by atoms with Crippen LogP contribution in [-0.2, 0) is 9.59 Å². The number of hydrogen-bond acceptors (Lipinski definition) is 6. The molecule has 0 saturated carbocycles. The highest BCUT2D eigenvalue weighted by molar-refractivity contribution is 6.23. The van der Waals surface area contributed by atoms with Crippen molar-refractivity contribution in [2.75, 3.05) is 13.2 Å². The Kier molecular flexibility index (Phi) is 4.85. The van der Waals surface area contributed by atoms with Crippen LogP contribution in [0.15, 0.2) is 4.99 Å². The minimum absolute atomic E-state index is 0.440. The standard InChI is InChI=1S/C13H21N3O5/c1-12(2,3)16-10(20)8(9(19)15-11(16)21)5-14-13(4,6-17)7-18/h5,8,17-18H,6-7H2,1-4H3,(H,15,19,21)/t8-/m0/s1. The number of aliphatic imine (C=N–C) groups is 1. The second kappa shape index (κ2) is 5.90. The number of nitrogens with zero attached hydrogens (tertiary/aromatic N) is 2. The number of carbonyl (C=O) groups excluding carboxylic acids is 3. The van der Waals surface area contributed by atoms with Crippen molar-refractivity contribution in [2.24, 2.45) is 10.9 Å². The summed E-state index contributed by atoms with van der Waals surface area (Å²) in [5, 5.41) is 20.4. The molecule has 1 saturated heterocycles. The molecule has 0 spiro atoms. The Morgan fingerprint density at radius 1 is 1.19 bits per heavy atom. The van der Waals surface area contributed by atoms with E-state index in [0.29, 0.717) is 0 Å². The number of aliphatic hydroxyl groups is 2. The molecule has 0 radical (unpaired) electrons. The molecule has 1 fully saturated rings. The van der Waals surface area contributed by atoms with E-state index in [1.807, 2.05) is 0 Å². The Balaban J connectivity index is 3.07. The summed E-state index contributed by atoms with van der Waals surface area (Å²) in [5.74, 6) is -2.72. The third kappa shape index (κ3) is 3.64. The van der Waals surface area contributed by atoms with Crippen molar-refractivity contribution >= 4 is 24.1 Å². The Hall–Kier alpha value is -1.80. The van der Waals surface area contributed by atoms with Gasteiger partial charge in [0.15, 0.2) is 5.92 Å². The number of imide groups is 2. The van der Waals surface area contributed by atoms with Crippen LogP contribution in [0.25, 0.3) is 0 Å². The number of nitrogens with one attached hydrogen (secondary N) is 1. The van der Waals surface area contributed by atoms with E-state index < -0.39 is 48.1 Å². The van der Waals surface area contributed by atoms with Gasteiger partial charge in [-0.15, -0.1) is 0 Å². The van der Waals surface area contributed by atoms with E-state index in [1.54, 1.807) is 20.8 Å². The molecule has 1 aliphatic rings. The molecule has 8 heteroatoms. The molecule has 1 aliphatic heterocycles. The largest absolute Gasteiger partial charge is 0.394 e. The lowest BCUT2D eigenvalue weighted by atomic mass is 9.99. The van der Waals surface area contributed by atoms with Gasteiger partial charge in [-0.05, 0) is 27.7 Å². The summed E-state index contributed by atoms with van der Waals surface area (Å²) >= 11 is 0.